The molecule has 3 N–H and O–H groups in total. The topological polar surface area (TPSA) is 73.6 Å². The summed E-state index contributed by atoms with van der Waals surface area (Å²) in [6, 6.07) is 7.80. The maximum absolute atomic E-state index is 13.8. The smallest absolute Gasteiger partial charge is 0.251 e. The molecule has 1 amide bonds. The number of carbonyl (C=O) groups is 1. The quantitative estimate of drug-likeness (QED) is 0.460. The number of amides is 1. The minimum Gasteiger partial charge on any atom is -0.398 e. The zero-order chi connectivity index (χ0) is 18.7. The Morgan fingerprint density at radius 3 is 2.92 bits per heavy atom. The standard InChI is InChI=1S/C19H20ClFN2O3/c1-25-10-26-7-6-11-2-5-16(22)18-14(9-23-19(24)17(11)18)13-8-12(21)3-4-15(13)20/h2-5,8,14H,6-7,9-10,22H2,1H3,(H,23,24). The van der Waals surface area contributed by atoms with Gasteiger partial charge in [-0.15, -0.1) is 0 Å². The van der Waals surface area contributed by atoms with Gasteiger partial charge in [0.1, 0.15) is 12.6 Å². The summed E-state index contributed by atoms with van der Waals surface area (Å²) in [5.41, 5.74) is 9.31. The third kappa shape index (κ3) is 3.67. The molecule has 0 saturated heterocycles. The van der Waals surface area contributed by atoms with Crippen LogP contribution in [0.5, 0.6) is 0 Å². The summed E-state index contributed by atoms with van der Waals surface area (Å²) in [5, 5.41) is 3.30. The van der Waals surface area contributed by atoms with Gasteiger partial charge in [0, 0.05) is 35.8 Å². The molecule has 1 heterocycles. The lowest BCUT2D eigenvalue weighted by Crippen LogP contribution is -2.37. The molecule has 1 aliphatic rings. The van der Waals surface area contributed by atoms with E-state index in [4.69, 9.17) is 26.8 Å². The second kappa shape index (κ2) is 8.03. The Kier molecular flexibility index (Phi) is 5.76. The minimum absolute atomic E-state index is 0.185. The van der Waals surface area contributed by atoms with E-state index in [0.29, 0.717) is 47.0 Å². The number of halogens is 2. The summed E-state index contributed by atoms with van der Waals surface area (Å²) < 4.78 is 24.0. The van der Waals surface area contributed by atoms with Crippen LogP contribution in [0.4, 0.5) is 10.1 Å². The lowest BCUT2D eigenvalue weighted by Gasteiger charge is -2.30. The molecule has 138 valence electrons. The zero-order valence-corrected chi connectivity index (χ0v) is 15.1. The van der Waals surface area contributed by atoms with E-state index in [9.17, 15) is 9.18 Å². The second-order valence-corrected chi connectivity index (χ2v) is 6.50. The Bertz CT molecular complexity index is 829. The monoisotopic (exact) mass is 378 g/mol. The van der Waals surface area contributed by atoms with E-state index < -0.39 is 0 Å². The number of hydrogen-bond acceptors (Lipinski definition) is 4. The molecule has 0 aliphatic carbocycles. The molecule has 0 spiro atoms. The van der Waals surface area contributed by atoms with Crippen LogP contribution < -0.4 is 11.1 Å². The van der Waals surface area contributed by atoms with Gasteiger partial charge in [-0.2, -0.15) is 0 Å². The van der Waals surface area contributed by atoms with Crippen molar-refractivity contribution in [1.82, 2.24) is 5.32 Å². The van der Waals surface area contributed by atoms with E-state index in [1.807, 2.05) is 6.07 Å². The first-order chi connectivity index (χ1) is 12.5. The number of fused-ring (bicyclic) bond motifs is 1. The van der Waals surface area contributed by atoms with Gasteiger partial charge in [-0.1, -0.05) is 17.7 Å². The Hall–Kier alpha value is -2.15. The van der Waals surface area contributed by atoms with Gasteiger partial charge in [0.05, 0.1) is 6.61 Å². The number of ether oxygens (including phenoxy) is 2. The summed E-state index contributed by atoms with van der Waals surface area (Å²) >= 11 is 6.29. The van der Waals surface area contributed by atoms with Gasteiger partial charge in [0.25, 0.3) is 5.91 Å². The van der Waals surface area contributed by atoms with Crippen LogP contribution in [0.25, 0.3) is 0 Å². The Morgan fingerprint density at radius 1 is 1.35 bits per heavy atom. The molecule has 2 aromatic carbocycles. The average molecular weight is 379 g/mol. The number of rotatable bonds is 6. The van der Waals surface area contributed by atoms with E-state index in [-0.39, 0.29) is 24.4 Å². The Morgan fingerprint density at radius 2 is 2.15 bits per heavy atom. The van der Waals surface area contributed by atoms with Crippen molar-refractivity contribution in [3.8, 4) is 0 Å². The number of hydrogen-bond donors (Lipinski definition) is 2. The summed E-state index contributed by atoms with van der Waals surface area (Å²) in [4.78, 5) is 12.5. The van der Waals surface area contributed by atoms with Gasteiger partial charge in [0.15, 0.2) is 0 Å². The number of benzene rings is 2. The third-order valence-corrected chi connectivity index (χ3v) is 4.80. The molecular weight excluding hydrogens is 359 g/mol. The summed E-state index contributed by atoms with van der Waals surface area (Å²) in [6.45, 7) is 0.899. The highest BCUT2D eigenvalue weighted by molar-refractivity contribution is 6.31. The van der Waals surface area contributed by atoms with Crippen LogP contribution >= 0.6 is 11.6 Å². The van der Waals surface area contributed by atoms with Crippen molar-refractivity contribution in [1.29, 1.82) is 0 Å². The largest absolute Gasteiger partial charge is 0.398 e. The molecule has 0 bridgehead atoms. The second-order valence-electron chi connectivity index (χ2n) is 6.10. The first-order valence-electron chi connectivity index (χ1n) is 8.24. The highest BCUT2D eigenvalue weighted by atomic mass is 35.5. The maximum atomic E-state index is 13.8. The minimum atomic E-state index is -0.384. The number of methoxy groups -OCH3 is 1. The van der Waals surface area contributed by atoms with E-state index in [1.165, 1.54) is 18.2 Å². The van der Waals surface area contributed by atoms with Gasteiger partial charge in [-0.25, -0.2) is 4.39 Å². The lowest BCUT2D eigenvalue weighted by molar-refractivity contribution is -0.0291. The fourth-order valence-electron chi connectivity index (χ4n) is 3.29. The molecule has 7 heteroatoms. The van der Waals surface area contributed by atoms with Gasteiger partial charge in [-0.3, -0.25) is 4.79 Å². The Labute approximate surface area is 156 Å². The lowest BCUT2D eigenvalue weighted by atomic mass is 9.81. The van der Waals surface area contributed by atoms with E-state index in [0.717, 1.165) is 5.56 Å². The van der Waals surface area contributed by atoms with Crippen LogP contribution in [-0.2, 0) is 15.9 Å². The molecule has 3 rings (SSSR count). The van der Waals surface area contributed by atoms with Crippen molar-refractivity contribution in [3.63, 3.8) is 0 Å². The number of nitrogen functional groups attached to an aromatic ring is 1. The van der Waals surface area contributed by atoms with Gasteiger partial charge < -0.3 is 20.5 Å². The van der Waals surface area contributed by atoms with Crippen molar-refractivity contribution < 1.29 is 18.7 Å². The van der Waals surface area contributed by atoms with Gasteiger partial charge in [-0.05, 0) is 47.4 Å². The van der Waals surface area contributed by atoms with Gasteiger partial charge >= 0.3 is 0 Å². The fraction of sp³-hybridized carbons (Fsp3) is 0.316. The van der Waals surface area contributed by atoms with Gasteiger partial charge in [0.2, 0.25) is 0 Å². The van der Waals surface area contributed by atoms with Crippen molar-refractivity contribution >= 4 is 23.2 Å². The van der Waals surface area contributed by atoms with E-state index in [2.05, 4.69) is 5.32 Å². The average Bonchev–Trinajstić information content (AvgIpc) is 2.63. The molecule has 2 aromatic rings. The van der Waals surface area contributed by atoms with Crippen molar-refractivity contribution in [2.24, 2.45) is 0 Å². The summed E-state index contributed by atoms with van der Waals surface area (Å²) in [7, 11) is 1.55. The fourth-order valence-corrected chi connectivity index (χ4v) is 3.54. The molecule has 1 unspecified atom stereocenters. The molecule has 0 aromatic heterocycles. The van der Waals surface area contributed by atoms with Crippen LogP contribution in [0.3, 0.4) is 0 Å². The molecule has 1 atom stereocenters. The molecule has 26 heavy (non-hydrogen) atoms. The SMILES string of the molecule is COCOCCc1ccc(N)c2c1C(=O)NCC2c1cc(F)ccc1Cl. The summed E-state index contributed by atoms with van der Waals surface area (Å²) in [5.74, 6) is -0.894. The van der Waals surface area contributed by atoms with Crippen LogP contribution in [-0.4, -0.2) is 33.0 Å². The first-order valence-corrected chi connectivity index (χ1v) is 8.61. The van der Waals surface area contributed by atoms with Crippen LogP contribution in [0, 0.1) is 5.82 Å². The van der Waals surface area contributed by atoms with Crippen LogP contribution in [0.2, 0.25) is 5.02 Å². The highest BCUT2D eigenvalue weighted by Gasteiger charge is 2.31. The molecular formula is C19H20ClFN2O3. The predicted octanol–water partition coefficient (Wildman–Crippen LogP) is 3.10. The molecule has 1 aliphatic heterocycles. The number of carbonyl (C=O) groups excluding carboxylic acids is 1. The number of anilines is 1. The molecule has 0 radical (unpaired) electrons. The van der Waals surface area contributed by atoms with E-state index >= 15 is 0 Å². The van der Waals surface area contributed by atoms with Crippen molar-refractivity contribution in [2.75, 3.05) is 32.8 Å². The van der Waals surface area contributed by atoms with Crippen molar-refractivity contribution in [2.45, 2.75) is 12.3 Å². The van der Waals surface area contributed by atoms with E-state index in [1.54, 1.807) is 13.2 Å². The molecule has 5 nitrogen and oxygen atoms in total. The summed E-state index contributed by atoms with van der Waals surface area (Å²) in [6.07, 6.45) is 0.531. The first kappa shape index (κ1) is 18.6. The Balaban J connectivity index is 2.03. The molecule has 0 fully saturated rings. The zero-order valence-electron chi connectivity index (χ0n) is 14.4. The maximum Gasteiger partial charge on any atom is 0.251 e. The van der Waals surface area contributed by atoms with Crippen LogP contribution in [0.15, 0.2) is 30.3 Å². The normalized spacial score (nSPS) is 16.3. The molecule has 0 saturated carbocycles. The van der Waals surface area contributed by atoms with Crippen LogP contribution in [0.1, 0.15) is 33.0 Å². The number of nitrogens with one attached hydrogen (secondary N) is 1. The predicted molar refractivity (Wildman–Crippen MR) is 98.0 cm³/mol. The highest BCUT2D eigenvalue weighted by Crippen LogP contribution is 2.39. The van der Waals surface area contributed by atoms with Crippen molar-refractivity contribution in [3.05, 3.63) is 63.4 Å². The number of nitrogens with two attached hydrogens (primary N) is 1. The third-order valence-electron chi connectivity index (χ3n) is 4.46.